The molecule has 120 valence electrons. The molecule has 1 atom stereocenters. The topological polar surface area (TPSA) is 30.5 Å². The van der Waals surface area contributed by atoms with Gasteiger partial charge >= 0.3 is 0 Å². The number of rotatable bonds is 11. The van der Waals surface area contributed by atoms with Crippen LogP contribution in [0.2, 0.25) is 0 Å². The maximum Gasteiger partial charge on any atom is 0.0700 e. The van der Waals surface area contributed by atoms with E-state index >= 15 is 0 Å². The fraction of sp³-hybridized carbons (Fsp3) is 0.647. The maximum absolute atomic E-state index is 5.62. The van der Waals surface area contributed by atoms with Crippen LogP contribution >= 0.6 is 15.9 Å². The van der Waals surface area contributed by atoms with Crippen molar-refractivity contribution in [2.45, 2.75) is 26.2 Å². The second kappa shape index (κ2) is 11.2. The molecule has 0 radical (unpaired) electrons. The van der Waals surface area contributed by atoms with Crippen LogP contribution in [0.4, 0.5) is 0 Å². The van der Waals surface area contributed by atoms with Crippen LogP contribution in [0.25, 0.3) is 0 Å². The predicted molar refractivity (Wildman–Crippen MR) is 91.9 cm³/mol. The van der Waals surface area contributed by atoms with E-state index in [1.165, 1.54) is 5.56 Å². The van der Waals surface area contributed by atoms with Gasteiger partial charge < -0.3 is 14.8 Å². The summed E-state index contributed by atoms with van der Waals surface area (Å²) in [6.45, 7) is 8.60. The summed E-state index contributed by atoms with van der Waals surface area (Å²) in [5.41, 5.74) is 1.36. The van der Waals surface area contributed by atoms with E-state index < -0.39 is 0 Å². The van der Waals surface area contributed by atoms with Crippen molar-refractivity contribution < 1.29 is 9.47 Å². The second-order valence-corrected chi connectivity index (χ2v) is 6.61. The number of ether oxygens (including phenoxy) is 2. The van der Waals surface area contributed by atoms with Crippen LogP contribution in [0.1, 0.15) is 31.7 Å². The van der Waals surface area contributed by atoms with Crippen LogP contribution in [0, 0.1) is 5.92 Å². The van der Waals surface area contributed by atoms with Crippen molar-refractivity contribution in [1.82, 2.24) is 5.32 Å². The van der Waals surface area contributed by atoms with Gasteiger partial charge in [-0.15, -0.1) is 0 Å². The van der Waals surface area contributed by atoms with Gasteiger partial charge in [0, 0.05) is 24.7 Å². The van der Waals surface area contributed by atoms with Gasteiger partial charge in [0.25, 0.3) is 0 Å². The minimum absolute atomic E-state index is 0.476. The van der Waals surface area contributed by atoms with Gasteiger partial charge in [0.05, 0.1) is 13.2 Å². The number of hydrogen-bond acceptors (Lipinski definition) is 3. The number of benzene rings is 1. The normalized spacial score (nSPS) is 12.8. The molecule has 0 spiro atoms. The van der Waals surface area contributed by atoms with Crippen molar-refractivity contribution in [3.05, 3.63) is 34.3 Å². The molecule has 0 fully saturated rings. The molecular weight excluding hydrogens is 330 g/mol. The lowest BCUT2D eigenvalue weighted by Crippen LogP contribution is -2.26. The quantitative estimate of drug-likeness (QED) is 0.610. The number of methoxy groups -OCH3 is 1. The molecule has 0 aliphatic carbocycles. The molecule has 0 aromatic heterocycles. The van der Waals surface area contributed by atoms with E-state index in [4.69, 9.17) is 9.47 Å². The molecule has 0 heterocycles. The molecule has 0 saturated carbocycles. The molecule has 0 saturated heterocycles. The van der Waals surface area contributed by atoms with Crippen molar-refractivity contribution in [3.8, 4) is 0 Å². The fourth-order valence-electron chi connectivity index (χ4n) is 2.16. The van der Waals surface area contributed by atoms with Crippen molar-refractivity contribution in [3.63, 3.8) is 0 Å². The molecule has 0 bridgehead atoms. The lowest BCUT2D eigenvalue weighted by molar-refractivity contribution is 0.0669. The highest BCUT2D eigenvalue weighted by Gasteiger charge is 2.12. The molecule has 21 heavy (non-hydrogen) atoms. The van der Waals surface area contributed by atoms with Gasteiger partial charge in [0.15, 0.2) is 0 Å². The number of hydrogen-bond donors (Lipinski definition) is 1. The molecule has 4 heteroatoms. The lowest BCUT2D eigenvalue weighted by atomic mass is 9.96. The molecule has 0 aliphatic rings. The molecule has 1 aromatic carbocycles. The molecule has 0 amide bonds. The third kappa shape index (κ3) is 8.57. The van der Waals surface area contributed by atoms with E-state index in [-0.39, 0.29) is 0 Å². The Balaban J connectivity index is 2.49. The smallest absolute Gasteiger partial charge is 0.0700 e. The Bertz CT molecular complexity index is 385. The van der Waals surface area contributed by atoms with Gasteiger partial charge in [-0.3, -0.25) is 0 Å². The van der Waals surface area contributed by atoms with Gasteiger partial charge in [-0.2, -0.15) is 0 Å². The van der Waals surface area contributed by atoms with Crippen LogP contribution in [0.15, 0.2) is 28.7 Å². The summed E-state index contributed by atoms with van der Waals surface area (Å²) >= 11 is 3.56. The van der Waals surface area contributed by atoms with E-state index in [1.54, 1.807) is 7.11 Å². The molecule has 1 aromatic rings. The summed E-state index contributed by atoms with van der Waals surface area (Å²) < 4.78 is 11.7. The van der Waals surface area contributed by atoms with Gasteiger partial charge in [0.2, 0.25) is 0 Å². The molecule has 0 aliphatic heterocycles. The maximum atomic E-state index is 5.62. The van der Waals surface area contributed by atoms with E-state index in [0.29, 0.717) is 25.0 Å². The number of halogens is 1. The summed E-state index contributed by atoms with van der Waals surface area (Å²) in [5.74, 6) is 1.15. The second-order valence-electron chi connectivity index (χ2n) is 5.70. The van der Waals surface area contributed by atoms with Gasteiger partial charge in [0.1, 0.15) is 0 Å². The van der Waals surface area contributed by atoms with Crippen LogP contribution in [0.5, 0.6) is 0 Å². The minimum atomic E-state index is 0.476. The largest absolute Gasteiger partial charge is 0.382 e. The third-order valence-corrected chi connectivity index (χ3v) is 3.80. The Morgan fingerprint density at radius 1 is 1.14 bits per heavy atom. The Labute approximate surface area is 137 Å². The first kappa shape index (κ1) is 18.6. The molecular formula is C17H28BrNO2. The predicted octanol–water partition coefficient (Wildman–Crippen LogP) is 3.83. The van der Waals surface area contributed by atoms with Crippen molar-refractivity contribution in [1.29, 1.82) is 0 Å². The Morgan fingerprint density at radius 3 is 2.62 bits per heavy atom. The minimum Gasteiger partial charge on any atom is -0.382 e. The van der Waals surface area contributed by atoms with Crippen LogP contribution in [0.3, 0.4) is 0 Å². The monoisotopic (exact) mass is 357 g/mol. The van der Waals surface area contributed by atoms with E-state index in [2.05, 4.69) is 59.4 Å². The lowest BCUT2D eigenvalue weighted by Gasteiger charge is -2.19. The summed E-state index contributed by atoms with van der Waals surface area (Å²) in [6.07, 6.45) is 1.02. The van der Waals surface area contributed by atoms with Crippen LogP contribution in [-0.4, -0.2) is 40.0 Å². The Morgan fingerprint density at radius 2 is 1.95 bits per heavy atom. The summed E-state index contributed by atoms with van der Waals surface area (Å²) in [6, 6.07) is 8.57. The number of nitrogens with one attached hydrogen (secondary N) is 1. The highest BCUT2D eigenvalue weighted by Crippen LogP contribution is 2.22. The zero-order valence-electron chi connectivity index (χ0n) is 13.4. The molecule has 1 rings (SSSR count). The molecule has 3 nitrogen and oxygen atoms in total. The van der Waals surface area contributed by atoms with Crippen LogP contribution < -0.4 is 5.32 Å². The third-order valence-electron chi connectivity index (χ3n) is 3.31. The zero-order chi connectivity index (χ0) is 15.5. The fourth-order valence-corrected chi connectivity index (χ4v) is 2.58. The van der Waals surface area contributed by atoms with Gasteiger partial charge in [-0.25, -0.2) is 0 Å². The van der Waals surface area contributed by atoms with Crippen molar-refractivity contribution in [2.24, 2.45) is 5.92 Å². The van der Waals surface area contributed by atoms with E-state index in [1.807, 2.05) is 0 Å². The van der Waals surface area contributed by atoms with E-state index in [9.17, 15) is 0 Å². The first-order chi connectivity index (χ1) is 10.1. The summed E-state index contributed by atoms with van der Waals surface area (Å²) in [5, 5.41) is 3.56. The summed E-state index contributed by atoms with van der Waals surface area (Å²) in [7, 11) is 1.70. The average molecular weight is 358 g/mol. The highest BCUT2D eigenvalue weighted by atomic mass is 79.9. The highest BCUT2D eigenvalue weighted by molar-refractivity contribution is 9.10. The molecule has 1 unspecified atom stereocenters. The Kier molecular flexibility index (Phi) is 9.92. The summed E-state index contributed by atoms with van der Waals surface area (Å²) in [4.78, 5) is 0. The first-order valence-electron chi connectivity index (χ1n) is 7.66. The van der Waals surface area contributed by atoms with Gasteiger partial charge in [-0.05, 0) is 42.5 Å². The standard InChI is InChI=1S/C17H28BrNO2/c1-14(2)12-19-13-16(7-8-21-10-9-20-3)15-5-4-6-17(18)11-15/h4-6,11,14,16,19H,7-10,12-13H2,1-3H3. The van der Waals surface area contributed by atoms with Crippen molar-refractivity contribution in [2.75, 3.05) is 40.0 Å². The SMILES string of the molecule is COCCOCCC(CNCC(C)C)c1cccc(Br)c1. The average Bonchev–Trinajstić information content (AvgIpc) is 2.45. The zero-order valence-corrected chi connectivity index (χ0v) is 15.0. The van der Waals surface area contributed by atoms with Gasteiger partial charge in [-0.1, -0.05) is 41.9 Å². The first-order valence-corrected chi connectivity index (χ1v) is 8.45. The van der Waals surface area contributed by atoms with Crippen LogP contribution in [-0.2, 0) is 9.47 Å². The van der Waals surface area contributed by atoms with Crippen molar-refractivity contribution >= 4 is 15.9 Å². The molecule has 1 N–H and O–H groups in total. The Hall–Kier alpha value is -0.420. The van der Waals surface area contributed by atoms with E-state index in [0.717, 1.165) is 30.6 Å².